The third-order valence-electron chi connectivity index (χ3n) is 2.68. The van der Waals surface area contributed by atoms with Gasteiger partial charge in [-0.15, -0.1) is 0 Å². The Kier molecular flexibility index (Phi) is 2.33. The third kappa shape index (κ3) is 1.59. The number of aromatic nitrogens is 2. The Morgan fingerprint density at radius 1 is 1.62 bits per heavy atom. The molecular formula is C9H15N3O. The molecule has 0 bridgehead atoms. The molecule has 1 heterocycles. The molecule has 0 aliphatic heterocycles. The van der Waals surface area contributed by atoms with Crippen LogP contribution in [-0.4, -0.2) is 21.0 Å². The van der Waals surface area contributed by atoms with Gasteiger partial charge in [-0.25, -0.2) is 0 Å². The van der Waals surface area contributed by atoms with Crippen LogP contribution in [0.1, 0.15) is 31.0 Å². The van der Waals surface area contributed by atoms with E-state index >= 15 is 0 Å². The van der Waals surface area contributed by atoms with Gasteiger partial charge in [0.05, 0.1) is 17.8 Å². The van der Waals surface area contributed by atoms with Crippen molar-refractivity contribution in [1.29, 1.82) is 0 Å². The highest BCUT2D eigenvalue weighted by atomic mass is 16.3. The number of hydrogen-bond acceptors (Lipinski definition) is 3. The average molecular weight is 181 g/mol. The van der Waals surface area contributed by atoms with Gasteiger partial charge in [-0.2, -0.15) is 5.10 Å². The van der Waals surface area contributed by atoms with Crippen LogP contribution < -0.4 is 5.73 Å². The maximum absolute atomic E-state index is 9.39. The van der Waals surface area contributed by atoms with E-state index in [4.69, 9.17) is 5.73 Å². The van der Waals surface area contributed by atoms with Crippen LogP contribution in [0.3, 0.4) is 0 Å². The predicted molar refractivity (Wildman–Crippen MR) is 49.0 cm³/mol. The molecule has 4 nitrogen and oxygen atoms in total. The molecule has 2 rings (SSSR count). The molecule has 4 heteroatoms. The summed E-state index contributed by atoms with van der Waals surface area (Å²) in [6.07, 6.45) is 4.33. The van der Waals surface area contributed by atoms with Crippen molar-refractivity contribution in [2.45, 2.75) is 38.0 Å². The molecule has 0 radical (unpaired) electrons. The fourth-order valence-corrected chi connectivity index (χ4v) is 1.99. The SMILES string of the molecule is NCc1ccnn1C1CCC(O)C1. The van der Waals surface area contributed by atoms with Crippen LogP contribution in [-0.2, 0) is 6.54 Å². The first-order chi connectivity index (χ1) is 6.31. The normalized spacial score (nSPS) is 28.2. The van der Waals surface area contributed by atoms with E-state index in [1.54, 1.807) is 6.20 Å². The molecule has 0 aromatic carbocycles. The molecule has 1 aliphatic rings. The molecule has 1 aromatic heterocycles. The molecule has 0 saturated heterocycles. The first kappa shape index (κ1) is 8.72. The number of rotatable bonds is 2. The van der Waals surface area contributed by atoms with Gasteiger partial charge in [-0.3, -0.25) is 4.68 Å². The van der Waals surface area contributed by atoms with E-state index in [0.29, 0.717) is 12.6 Å². The van der Waals surface area contributed by atoms with E-state index in [1.165, 1.54) is 0 Å². The summed E-state index contributed by atoms with van der Waals surface area (Å²) in [4.78, 5) is 0. The molecule has 0 spiro atoms. The van der Waals surface area contributed by atoms with Crippen LogP contribution in [0.5, 0.6) is 0 Å². The van der Waals surface area contributed by atoms with Crippen LogP contribution in [0, 0.1) is 0 Å². The van der Waals surface area contributed by atoms with Gasteiger partial charge in [0.15, 0.2) is 0 Å². The molecule has 2 atom stereocenters. The first-order valence-electron chi connectivity index (χ1n) is 4.72. The zero-order valence-corrected chi connectivity index (χ0v) is 7.56. The van der Waals surface area contributed by atoms with Crippen molar-refractivity contribution in [3.8, 4) is 0 Å². The molecule has 3 N–H and O–H groups in total. The Hall–Kier alpha value is -0.870. The number of hydrogen-bond donors (Lipinski definition) is 2. The lowest BCUT2D eigenvalue weighted by atomic mass is 10.2. The summed E-state index contributed by atoms with van der Waals surface area (Å²) < 4.78 is 1.95. The topological polar surface area (TPSA) is 64.1 Å². The quantitative estimate of drug-likeness (QED) is 0.695. The molecule has 0 amide bonds. The predicted octanol–water partition coefficient (Wildman–Crippen LogP) is 0.428. The Morgan fingerprint density at radius 3 is 3.08 bits per heavy atom. The molecule has 72 valence electrons. The molecule has 1 aromatic rings. The maximum Gasteiger partial charge on any atom is 0.0561 e. The lowest BCUT2D eigenvalue weighted by molar-refractivity contribution is 0.176. The van der Waals surface area contributed by atoms with Gasteiger partial charge in [-0.1, -0.05) is 0 Å². The molecular weight excluding hydrogens is 166 g/mol. The van der Waals surface area contributed by atoms with E-state index < -0.39 is 0 Å². The van der Waals surface area contributed by atoms with Gasteiger partial charge in [0.25, 0.3) is 0 Å². The van der Waals surface area contributed by atoms with Crippen molar-refractivity contribution in [3.63, 3.8) is 0 Å². The second-order valence-corrected chi connectivity index (χ2v) is 3.59. The summed E-state index contributed by atoms with van der Waals surface area (Å²) in [6.45, 7) is 0.520. The minimum absolute atomic E-state index is 0.153. The summed E-state index contributed by atoms with van der Waals surface area (Å²) >= 11 is 0. The number of nitrogens with two attached hydrogens (primary N) is 1. The highest BCUT2D eigenvalue weighted by molar-refractivity contribution is 5.02. The highest BCUT2D eigenvalue weighted by Crippen LogP contribution is 2.30. The molecule has 1 saturated carbocycles. The Balaban J connectivity index is 2.16. The molecule has 2 unspecified atom stereocenters. The minimum atomic E-state index is -0.153. The molecule has 13 heavy (non-hydrogen) atoms. The van der Waals surface area contributed by atoms with Crippen molar-refractivity contribution >= 4 is 0 Å². The Bertz CT molecular complexity index is 284. The second kappa shape index (κ2) is 3.47. The summed E-state index contributed by atoms with van der Waals surface area (Å²) in [5.41, 5.74) is 6.63. The van der Waals surface area contributed by atoms with Gasteiger partial charge in [0, 0.05) is 12.7 Å². The zero-order chi connectivity index (χ0) is 9.26. The van der Waals surface area contributed by atoms with Crippen molar-refractivity contribution in [1.82, 2.24) is 9.78 Å². The number of nitrogens with zero attached hydrogens (tertiary/aromatic N) is 2. The summed E-state index contributed by atoms with van der Waals surface area (Å²) in [5.74, 6) is 0. The van der Waals surface area contributed by atoms with Crippen molar-refractivity contribution in [2.24, 2.45) is 5.73 Å². The van der Waals surface area contributed by atoms with Crippen molar-refractivity contribution < 1.29 is 5.11 Å². The minimum Gasteiger partial charge on any atom is -0.393 e. The summed E-state index contributed by atoms with van der Waals surface area (Å²) in [6, 6.07) is 2.29. The second-order valence-electron chi connectivity index (χ2n) is 3.59. The standard InChI is InChI=1S/C9H15N3O/c10-6-8-3-4-11-12(8)7-1-2-9(13)5-7/h3-4,7,9,13H,1-2,5-6,10H2. The monoisotopic (exact) mass is 181 g/mol. The van der Waals surface area contributed by atoms with Crippen LogP contribution in [0.4, 0.5) is 0 Å². The Morgan fingerprint density at radius 2 is 2.46 bits per heavy atom. The Labute approximate surface area is 77.4 Å². The van der Waals surface area contributed by atoms with E-state index in [9.17, 15) is 5.11 Å². The fourth-order valence-electron chi connectivity index (χ4n) is 1.99. The smallest absolute Gasteiger partial charge is 0.0561 e. The lowest BCUT2D eigenvalue weighted by Gasteiger charge is -2.13. The van der Waals surface area contributed by atoms with Crippen LogP contribution >= 0.6 is 0 Å². The summed E-state index contributed by atoms with van der Waals surface area (Å²) in [5, 5.41) is 13.6. The van der Waals surface area contributed by atoms with Crippen molar-refractivity contribution in [3.05, 3.63) is 18.0 Å². The number of aliphatic hydroxyl groups excluding tert-OH is 1. The number of aliphatic hydroxyl groups is 1. The van der Waals surface area contributed by atoms with Gasteiger partial charge < -0.3 is 10.8 Å². The fraction of sp³-hybridized carbons (Fsp3) is 0.667. The van der Waals surface area contributed by atoms with E-state index in [2.05, 4.69) is 5.10 Å². The van der Waals surface area contributed by atoms with Crippen molar-refractivity contribution in [2.75, 3.05) is 0 Å². The first-order valence-corrected chi connectivity index (χ1v) is 4.72. The van der Waals surface area contributed by atoms with Crippen LogP contribution in [0.15, 0.2) is 12.3 Å². The van der Waals surface area contributed by atoms with Gasteiger partial charge in [0.2, 0.25) is 0 Å². The van der Waals surface area contributed by atoms with E-state index in [0.717, 1.165) is 25.0 Å². The lowest BCUT2D eigenvalue weighted by Crippen LogP contribution is -2.14. The third-order valence-corrected chi connectivity index (χ3v) is 2.68. The molecule has 1 fully saturated rings. The van der Waals surface area contributed by atoms with E-state index in [1.807, 2.05) is 10.7 Å². The zero-order valence-electron chi connectivity index (χ0n) is 7.56. The van der Waals surface area contributed by atoms with Gasteiger partial charge in [-0.05, 0) is 25.3 Å². The van der Waals surface area contributed by atoms with Gasteiger partial charge >= 0.3 is 0 Å². The van der Waals surface area contributed by atoms with Crippen LogP contribution in [0.25, 0.3) is 0 Å². The average Bonchev–Trinajstić information content (AvgIpc) is 2.71. The maximum atomic E-state index is 9.39. The highest BCUT2D eigenvalue weighted by Gasteiger charge is 2.25. The largest absolute Gasteiger partial charge is 0.393 e. The van der Waals surface area contributed by atoms with Crippen LogP contribution in [0.2, 0.25) is 0 Å². The molecule has 1 aliphatic carbocycles. The van der Waals surface area contributed by atoms with E-state index in [-0.39, 0.29) is 6.10 Å². The van der Waals surface area contributed by atoms with Gasteiger partial charge in [0.1, 0.15) is 0 Å². The summed E-state index contributed by atoms with van der Waals surface area (Å²) in [7, 11) is 0.